The predicted molar refractivity (Wildman–Crippen MR) is 61.6 cm³/mol. The van der Waals surface area contributed by atoms with Crippen molar-refractivity contribution >= 4 is 37.3 Å². The van der Waals surface area contributed by atoms with E-state index >= 15 is 0 Å². The molecule has 0 fully saturated rings. The summed E-state index contributed by atoms with van der Waals surface area (Å²) in [6.45, 7) is 0. The molecule has 1 aromatic carbocycles. The third-order valence-electron chi connectivity index (χ3n) is 1.53. The number of anilines is 2. The Labute approximate surface area is 96.1 Å². The summed E-state index contributed by atoms with van der Waals surface area (Å²) in [4.78, 5) is 0. The highest BCUT2D eigenvalue weighted by Gasteiger charge is 2.11. The van der Waals surface area contributed by atoms with Crippen LogP contribution in [-0.2, 0) is 10.0 Å². The molecule has 0 atom stereocenters. The van der Waals surface area contributed by atoms with Crippen molar-refractivity contribution in [3.05, 3.63) is 22.7 Å². The molecule has 0 aromatic heterocycles. The van der Waals surface area contributed by atoms with E-state index in [2.05, 4.69) is 20.7 Å². The molecule has 5 nitrogen and oxygen atoms in total. The van der Waals surface area contributed by atoms with Gasteiger partial charge in [-0.05, 0) is 18.2 Å². The molecular formula is C8H8BrN3O2S. The average molecular weight is 290 g/mol. The fourth-order valence-electron chi connectivity index (χ4n) is 0.915. The zero-order chi connectivity index (χ0) is 11.5. The number of nitrogens with two attached hydrogens (primary N) is 1. The molecule has 0 amide bonds. The molecule has 0 aliphatic carbocycles. The molecule has 0 unspecified atom stereocenters. The molecule has 0 aliphatic heterocycles. The first-order valence-corrected chi connectivity index (χ1v) is 6.31. The molecule has 0 saturated carbocycles. The molecule has 0 saturated heterocycles. The Kier molecular flexibility index (Phi) is 3.55. The largest absolute Gasteiger partial charge is 0.397 e. The normalized spacial score (nSPS) is 10.7. The summed E-state index contributed by atoms with van der Waals surface area (Å²) in [5, 5.41) is 8.29. The van der Waals surface area contributed by atoms with Gasteiger partial charge in [0, 0.05) is 4.47 Å². The van der Waals surface area contributed by atoms with Gasteiger partial charge < -0.3 is 5.73 Å². The standard InChI is InChI=1S/C8H8BrN3O2S/c9-6-1-2-8(7(11)5-6)12-15(13,14)4-3-10/h1-2,5,12H,4,11H2. The molecule has 80 valence electrons. The van der Waals surface area contributed by atoms with Crippen molar-refractivity contribution in [1.29, 1.82) is 5.26 Å². The van der Waals surface area contributed by atoms with Crippen LogP contribution in [0.25, 0.3) is 0 Å². The van der Waals surface area contributed by atoms with Gasteiger partial charge in [0.15, 0.2) is 5.75 Å². The molecule has 0 spiro atoms. The van der Waals surface area contributed by atoms with Gasteiger partial charge in [-0.1, -0.05) is 15.9 Å². The number of nitrogens with zero attached hydrogens (tertiary/aromatic N) is 1. The number of halogens is 1. The highest BCUT2D eigenvalue weighted by molar-refractivity contribution is 9.10. The average Bonchev–Trinajstić information content (AvgIpc) is 2.09. The van der Waals surface area contributed by atoms with Gasteiger partial charge in [-0.25, -0.2) is 8.42 Å². The molecular weight excluding hydrogens is 282 g/mol. The molecule has 1 aromatic rings. The Morgan fingerprint density at radius 1 is 1.53 bits per heavy atom. The van der Waals surface area contributed by atoms with E-state index in [0.29, 0.717) is 5.69 Å². The first-order chi connectivity index (χ1) is 6.94. The van der Waals surface area contributed by atoms with Crippen LogP contribution in [0.15, 0.2) is 22.7 Å². The first kappa shape index (κ1) is 11.8. The van der Waals surface area contributed by atoms with Crippen LogP contribution in [0.5, 0.6) is 0 Å². The third kappa shape index (κ3) is 3.42. The van der Waals surface area contributed by atoms with Crippen molar-refractivity contribution in [3.63, 3.8) is 0 Å². The number of hydrogen-bond acceptors (Lipinski definition) is 4. The number of sulfonamides is 1. The summed E-state index contributed by atoms with van der Waals surface area (Å²) in [6.07, 6.45) is 0. The molecule has 1 rings (SSSR count). The van der Waals surface area contributed by atoms with Crippen molar-refractivity contribution in [1.82, 2.24) is 0 Å². The Morgan fingerprint density at radius 3 is 2.73 bits per heavy atom. The predicted octanol–water partition coefficient (Wildman–Crippen LogP) is 1.30. The van der Waals surface area contributed by atoms with Crippen molar-refractivity contribution in [2.75, 3.05) is 16.2 Å². The van der Waals surface area contributed by atoms with E-state index in [4.69, 9.17) is 11.0 Å². The van der Waals surface area contributed by atoms with Crippen molar-refractivity contribution in [2.24, 2.45) is 0 Å². The van der Waals surface area contributed by atoms with Crippen molar-refractivity contribution in [2.45, 2.75) is 0 Å². The zero-order valence-corrected chi connectivity index (χ0v) is 9.97. The second-order valence-corrected chi connectivity index (χ2v) is 5.39. The second kappa shape index (κ2) is 4.51. The summed E-state index contributed by atoms with van der Waals surface area (Å²) in [5.41, 5.74) is 6.15. The molecule has 0 radical (unpaired) electrons. The molecule has 0 bridgehead atoms. The monoisotopic (exact) mass is 289 g/mol. The summed E-state index contributed by atoms with van der Waals surface area (Å²) in [6, 6.07) is 6.31. The van der Waals surface area contributed by atoms with Gasteiger partial charge in [-0.2, -0.15) is 5.26 Å². The lowest BCUT2D eigenvalue weighted by molar-refractivity contribution is 0.604. The SMILES string of the molecule is N#CCS(=O)(=O)Nc1ccc(Br)cc1N. The maximum Gasteiger partial charge on any atom is 0.246 e. The number of nitriles is 1. The minimum absolute atomic E-state index is 0.272. The maximum atomic E-state index is 11.2. The Hall–Kier alpha value is -1.26. The van der Waals surface area contributed by atoms with Gasteiger partial charge in [-0.3, -0.25) is 4.72 Å². The van der Waals surface area contributed by atoms with Gasteiger partial charge in [0.05, 0.1) is 17.4 Å². The quantitative estimate of drug-likeness (QED) is 0.820. The summed E-state index contributed by atoms with van der Waals surface area (Å²) < 4.78 is 25.4. The Bertz CT molecular complexity index is 507. The van der Waals surface area contributed by atoms with Crippen molar-refractivity contribution < 1.29 is 8.42 Å². The smallest absolute Gasteiger partial charge is 0.246 e. The topological polar surface area (TPSA) is 96.0 Å². The molecule has 7 heteroatoms. The van der Waals surface area contributed by atoms with Crippen LogP contribution in [0.3, 0.4) is 0 Å². The lowest BCUT2D eigenvalue weighted by Crippen LogP contribution is -2.16. The van der Waals surface area contributed by atoms with E-state index in [1.165, 1.54) is 6.07 Å². The Morgan fingerprint density at radius 2 is 2.20 bits per heavy atom. The summed E-state index contributed by atoms with van der Waals surface area (Å²) in [5.74, 6) is -0.595. The van der Waals surface area contributed by atoms with Gasteiger partial charge >= 0.3 is 0 Å². The van der Waals surface area contributed by atoms with Gasteiger partial charge in [0.1, 0.15) is 0 Å². The van der Waals surface area contributed by atoms with Crippen LogP contribution in [-0.4, -0.2) is 14.2 Å². The van der Waals surface area contributed by atoms with E-state index in [1.807, 2.05) is 0 Å². The third-order valence-corrected chi connectivity index (χ3v) is 3.07. The molecule has 15 heavy (non-hydrogen) atoms. The number of rotatable bonds is 3. The fraction of sp³-hybridized carbons (Fsp3) is 0.125. The number of hydrogen-bond donors (Lipinski definition) is 2. The number of nitrogen functional groups attached to an aromatic ring is 1. The fourth-order valence-corrected chi connectivity index (χ4v) is 2.06. The minimum Gasteiger partial charge on any atom is -0.397 e. The molecule has 3 N–H and O–H groups in total. The van der Waals surface area contributed by atoms with E-state index in [-0.39, 0.29) is 5.69 Å². The van der Waals surface area contributed by atoms with Crippen LogP contribution in [0.1, 0.15) is 0 Å². The van der Waals surface area contributed by atoms with E-state index in [1.54, 1.807) is 18.2 Å². The number of nitrogens with one attached hydrogen (secondary N) is 1. The second-order valence-electron chi connectivity index (χ2n) is 2.75. The Balaban J connectivity index is 2.96. The van der Waals surface area contributed by atoms with Crippen LogP contribution in [0, 0.1) is 11.3 Å². The van der Waals surface area contributed by atoms with Crippen LogP contribution < -0.4 is 10.5 Å². The van der Waals surface area contributed by atoms with E-state index in [9.17, 15) is 8.42 Å². The lowest BCUT2D eigenvalue weighted by Gasteiger charge is -2.07. The summed E-state index contributed by atoms with van der Waals surface area (Å²) >= 11 is 3.20. The highest BCUT2D eigenvalue weighted by atomic mass is 79.9. The van der Waals surface area contributed by atoms with Gasteiger partial charge in [-0.15, -0.1) is 0 Å². The van der Waals surface area contributed by atoms with Crippen LogP contribution >= 0.6 is 15.9 Å². The summed E-state index contributed by atoms with van der Waals surface area (Å²) in [7, 11) is -3.63. The van der Waals surface area contributed by atoms with Crippen LogP contribution in [0.2, 0.25) is 0 Å². The van der Waals surface area contributed by atoms with Crippen LogP contribution in [0.4, 0.5) is 11.4 Å². The first-order valence-electron chi connectivity index (χ1n) is 3.87. The van der Waals surface area contributed by atoms with Gasteiger partial charge in [0.2, 0.25) is 10.0 Å². The van der Waals surface area contributed by atoms with E-state index < -0.39 is 15.8 Å². The lowest BCUT2D eigenvalue weighted by atomic mass is 10.3. The maximum absolute atomic E-state index is 11.2. The van der Waals surface area contributed by atoms with Gasteiger partial charge in [0.25, 0.3) is 0 Å². The zero-order valence-electron chi connectivity index (χ0n) is 7.57. The minimum atomic E-state index is -3.63. The molecule has 0 heterocycles. The highest BCUT2D eigenvalue weighted by Crippen LogP contribution is 2.23. The van der Waals surface area contributed by atoms with Crippen molar-refractivity contribution in [3.8, 4) is 6.07 Å². The number of benzene rings is 1. The van der Waals surface area contributed by atoms with E-state index in [0.717, 1.165) is 4.47 Å². The molecule has 0 aliphatic rings.